The summed E-state index contributed by atoms with van der Waals surface area (Å²) >= 11 is 0. The third-order valence-electron chi connectivity index (χ3n) is 6.25. The van der Waals surface area contributed by atoms with Gasteiger partial charge in [-0.1, -0.05) is 37.3 Å². The van der Waals surface area contributed by atoms with Crippen molar-refractivity contribution < 1.29 is 40.7 Å². The van der Waals surface area contributed by atoms with Crippen LogP contribution in [0.4, 0.5) is 13.2 Å². The third kappa shape index (κ3) is 3.24. The molecule has 0 aliphatic carbocycles. The van der Waals surface area contributed by atoms with Crippen molar-refractivity contribution in [1.29, 1.82) is 0 Å². The van der Waals surface area contributed by atoms with Crippen molar-refractivity contribution in [3.8, 4) is 0 Å². The predicted molar refractivity (Wildman–Crippen MR) is 112 cm³/mol. The Kier molecular flexibility index (Phi) is 5.58. The number of carbonyl (C=O) groups is 3. The van der Waals surface area contributed by atoms with Crippen molar-refractivity contribution in [3.05, 3.63) is 65.2 Å². The molecule has 11 heteroatoms. The molecule has 3 atom stereocenters. The number of nitrogens with zero attached hydrogens (tertiary/aromatic N) is 1. The molecule has 2 aliphatic rings. The Morgan fingerprint density at radius 1 is 1.12 bits per heavy atom. The largest absolute Gasteiger partial charge is 0.464 e. The standard InChI is InChI=1S/C23H20F3NO6S/c1-3-33-21(30)22-16-6-4-5-7-18(16)34(31,32)27(22)20(29)13(2)12-17(22)19(28)14-8-10-15(11-9-14)23(24,25)26/h4-11,13,17H,3,12H2,1-2H3/t13-,17-,22-/m1/s1. The number of amides is 1. The summed E-state index contributed by atoms with van der Waals surface area (Å²) in [6, 6.07) is 8.91. The van der Waals surface area contributed by atoms with Gasteiger partial charge in [0.2, 0.25) is 5.91 Å². The van der Waals surface area contributed by atoms with Crippen molar-refractivity contribution >= 4 is 27.7 Å². The molecule has 0 N–H and O–H groups in total. The molecule has 1 fully saturated rings. The number of esters is 1. The summed E-state index contributed by atoms with van der Waals surface area (Å²) in [5.41, 5.74) is -3.48. The first kappa shape index (κ1) is 23.9. The zero-order chi connectivity index (χ0) is 25.1. The number of halogens is 3. The van der Waals surface area contributed by atoms with E-state index in [9.17, 15) is 36.0 Å². The lowest BCUT2D eigenvalue weighted by Crippen LogP contribution is -2.64. The van der Waals surface area contributed by atoms with Crippen LogP contribution in [-0.2, 0) is 36.1 Å². The van der Waals surface area contributed by atoms with Crippen molar-refractivity contribution in [3.63, 3.8) is 0 Å². The quantitative estimate of drug-likeness (QED) is 0.476. The van der Waals surface area contributed by atoms with Crippen LogP contribution in [0.25, 0.3) is 0 Å². The van der Waals surface area contributed by atoms with E-state index in [0.29, 0.717) is 4.31 Å². The molecular formula is C23H20F3NO6S. The van der Waals surface area contributed by atoms with Crippen molar-refractivity contribution in [2.75, 3.05) is 6.61 Å². The number of alkyl halides is 3. The van der Waals surface area contributed by atoms with E-state index >= 15 is 0 Å². The Morgan fingerprint density at radius 2 is 1.74 bits per heavy atom. The van der Waals surface area contributed by atoms with Gasteiger partial charge in [0, 0.05) is 17.0 Å². The molecule has 0 unspecified atom stereocenters. The number of ketones is 1. The van der Waals surface area contributed by atoms with E-state index in [1.54, 1.807) is 0 Å². The number of hydrogen-bond donors (Lipinski definition) is 0. The molecule has 4 rings (SSSR count). The lowest BCUT2D eigenvalue weighted by Gasteiger charge is -2.45. The second-order valence-electron chi connectivity index (χ2n) is 8.22. The summed E-state index contributed by atoms with van der Waals surface area (Å²) in [6.45, 7) is 2.78. The number of benzene rings is 2. The van der Waals surface area contributed by atoms with E-state index in [1.165, 1.54) is 38.1 Å². The number of carbonyl (C=O) groups excluding carboxylic acids is 3. The van der Waals surface area contributed by atoms with Crippen molar-refractivity contribution in [2.45, 2.75) is 36.9 Å². The number of fused-ring (bicyclic) bond motifs is 3. The molecule has 2 heterocycles. The van der Waals surface area contributed by atoms with Crippen LogP contribution in [0, 0.1) is 11.8 Å². The highest BCUT2D eigenvalue weighted by Crippen LogP contribution is 2.55. The topological polar surface area (TPSA) is 97.8 Å². The normalized spacial score (nSPS) is 25.4. The van der Waals surface area contributed by atoms with Gasteiger partial charge in [0.05, 0.1) is 23.0 Å². The second-order valence-corrected chi connectivity index (χ2v) is 9.97. The van der Waals surface area contributed by atoms with E-state index < -0.39 is 56.8 Å². The molecule has 180 valence electrons. The molecule has 2 aromatic carbocycles. The fraction of sp³-hybridized carbons (Fsp3) is 0.348. The first-order valence-corrected chi connectivity index (χ1v) is 11.9. The predicted octanol–water partition coefficient (Wildman–Crippen LogP) is 3.53. The molecule has 2 aromatic rings. The Bertz CT molecular complexity index is 1290. The monoisotopic (exact) mass is 495 g/mol. The minimum Gasteiger partial charge on any atom is -0.464 e. The fourth-order valence-electron chi connectivity index (χ4n) is 4.75. The first-order chi connectivity index (χ1) is 15.9. The van der Waals surface area contributed by atoms with Gasteiger partial charge >= 0.3 is 12.1 Å². The van der Waals surface area contributed by atoms with E-state index in [0.717, 1.165) is 24.3 Å². The van der Waals surface area contributed by atoms with Gasteiger partial charge < -0.3 is 4.74 Å². The molecule has 0 bridgehead atoms. The summed E-state index contributed by atoms with van der Waals surface area (Å²) in [4.78, 5) is 40.0. The summed E-state index contributed by atoms with van der Waals surface area (Å²) in [5.74, 6) is -5.07. The van der Waals surface area contributed by atoms with Gasteiger partial charge in [0.1, 0.15) is 0 Å². The van der Waals surface area contributed by atoms with Gasteiger partial charge in [-0.25, -0.2) is 17.5 Å². The summed E-state index contributed by atoms with van der Waals surface area (Å²) < 4.78 is 71.4. The lowest BCUT2D eigenvalue weighted by atomic mass is 9.68. The average Bonchev–Trinajstić information content (AvgIpc) is 3.01. The van der Waals surface area contributed by atoms with Crippen LogP contribution in [0.5, 0.6) is 0 Å². The molecular weight excluding hydrogens is 475 g/mol. The summed E-state index contributed by atoms with van der Waals surface area (Å²) in [7, 11) is -4.50. The summed E-state index contributed by atoms with van der Waals surface area (Å²) in [6.07, 6.45) is -4.81. The number of hydrogen-bond acceptors (Lipinski definition) is 6. The van der Waals surface area contributed by atoms with Crippen molar-refractivity contribution in [1.82, 2.24) is 4.31 Å². The Morgan fingerprint density at radius 3 is 2.32 bits per heavy atom. The Hall–Kier alpha value is -3.21. The molecule has 34 heavy (non-hydrogen) atoms. The molecule has 7 nitrogen and oxygen atoms in total. The molecule has 1 amide bonds. The smallest absolute Gasteiger partial charge is 0.416 e. The van der Waals surface area contributed by atoms with E-state index in [-0.39, 0.29) is 29.1 Å². The minimum atomic E-state index is -4.62. The van der Waals surface area contributed by atoms with Crippen LogP contribution in [0.1, 0.15) is 41.8 Å². The SMILES string of the molecule is CCOC(=O)[C@]12c3ccccc3S(=O)(=O)N1C(=O)[C@H](C)C[C@@H]2C(=O)c1ccc(C(F)(F)F)cc1. The minimum absolute atomic E-state index is 0.0704. The number of rotatable bonds is 4. The van der Waals surface area contributed by atoms with Crippen LogP contribution >= 0.6 is 0 Å². The number of ether oxygens (including phenoxy) is 1. The Balaban J connectivity index is 1.96. The van der Waals surface area contributed by atoms with Gasteiger partial charge in [0.15, 0.2) is 11.3 Å². The van der Waals surface area contributed by atoms with Crippen molar-refractivity contribution in [2.24, 2.45) is 11.8 Å². The molecule has 0 saturated carbocycles. The first-order valence-electron chi connectivity index (χ1n) is 10.5. The molecule has 0 aromatic heterocycles. The van der Waals surface area contributed by atoms with E-state index in [1.807, 2.05) is 0 Å². The van der Waals surface area contributed by atoms with Crippen LogP contribution in [-0.4, -0.2) is 37.0 Å². The van der Waals surface area contributed by atoms with Crippen LogP contribution in [0.3, 0.4) is 0 Å². The van der Waals surface area contributed by atoms with E-state index in [2.05, 4.69) is 0 Å². The maximum atomic E-state index is 13.7. The van der Waals surface area contributed by atoms with Gasteiger partial charge in [0.25, 0.3) is 10.0 Å². The zero-order valence-electron chi connectivity index (χ0n) is 18.1. The highest BCUT2D eigenvalue weighted by Gasteiger charge is 2.69. The number of Topliss-reactive ketones (excluding diaryl/α,β-unsaturated/α-hetero) is 1. The number of piperidine rings is 1. The van der Waals surface area contributed by atoms with Crippen LogP contribution in [0.15, 0.2) is 53.4 Å². The maximum Gasteiger partial charge on any atom is 0.416 e. The molecule has 1 saturated heterocycles. The fourth-order valence-corrected chi connectivity index (χ4v) is 6.79. The second kappa shape index (κ2) is 7.93. The summed E-state index contributed by atoms with van der Waals surface area (Å²) in [5, 5.41) is 0. The Labute approximate surface area is 193 Å². The average molecular weight is 495 g/mol. The highest BCUT2D eigenvalue weighted by molar-refractivity contribution is 7.90. The highest BCUT2D eigenvalue weighted by atomic mass is 32.2. The molecule has 0 radical (unpaired) electrons. The third-order valence-corrected chi connectivity index (χ3v) is 8.11. The molecule has 0 spiro atoms. The number of sulfonamides is 1. The van der Waals surface area contributed by atoms with Gasteiger partial charge in [-0.2, -0.15) is 13.2 Å². The van der Waals surface area contributed by atoms with Crippen LogP contribution in [0.2, 0.25) is 0 Å². The maximum absolute atomic E-state index is 13.7. The lowest BCUT2D eigenvalue weighted by molar-refractivity contribution is -0.167. The van der Waals surface area contributed by atoms with Crippen LogP contribution < -0.4 is 0 Å². The van der Waals surface area contributed by atoms with Gasteiger partial charge in [-0.15, -0.1) is 0 Å². The van der Waals surface area contributed by atoms with Gasteiger partial charge in [-0.05, 0) is 31.5 Å². The molecule has 2 aliphatic heterocycles. The van der Waals surface area contributed by atoms with Gasteiger partial charge in [-0.3, -0.25) is 9.59 Å². The zero-order valence-corrected chi connectivity index (χ0v) is 18.9. The van der Waals surface area contributed by atoms with E-state index in [4.69, 9.17) is 4.74 Å².